The van der Waals surface area contributed by atoms with Crippen molar-refractivity contribution in [1.82, 2.24) is 4.31 Å². The molecule has 1 atom stereocenters. The molecule has 0 aliphatic carbocycles. The van der Waals surface area contributed by atoms with Gasteiger partial charge in [-0.25, -0.2) is 0 Å². The van der Waals surface area contributed by atoms with Crippen LogP contribution in [-0.4, -0.2) is 32.4 Å². The lowest BCUT2D eigenvalue weighted by molar-refractivity contribution is 0.273. The van der Waals surface area contributed by atoms with Crippen molar-refractivity contribution in [3.8, 4) is 0 Å². The molecule has 0 aromatic carbocycles. The predicted molar refractivity (Wildman–Crippen MR) is 41.3 cm³/mol. The topological polar surface area (TPSA) is 46.6 Å². The van der Waals surface area contributed by atoms with E-state index in [4.69, 9.17) is 0 Å². The lowest BCUT2D eigenvalue weighted by Gasteiger charge is -2.18. The first-order valence-corrected chi connectivity index (χ1v) is 4.94. The van der Waals surface area contributed by atoms with Crippen molar-refractivity contribution in [3.05, 3.63) is 0 Å². The zero-order valence-corrected chi connectivity index (χ0v) is 7.76. The number of hydrogen-bond donors (Lipinski definition) is 0. The SMILES string of the molecule is CC(C)C1COS(=O)(=O)N1C. The molecule has 4 nitrogen and oxygen atoms in total. The molecule has 0 amide bonds. The van der Waals surface area contributed by atoms with Crippen LogP contribution in [0.2, 0.25) is 0 Å². The fourth-order valence-electron chi connectivity index (χ4n) is 1.12. The second-order valence-corrected chi connectivity index (χ2v) is 4.74. The minimum atomic E-state index is -3.39. The molecule has 0 spiro atoms. The smallest absolute Gasteiger partial charge is 0.256 e. The van der Waals surface area contributed by atoms with Gasteiger partial charge in [-0.1, -0.05) is 13.8 Å². The summed E-state index contributed by atoms with van der Waals surface area (Å²) in [6.07, 6.45) is 0. The van der Waals surface area contributed by atoms with Crippen LogP contribution in [0.4, 0.5) is 0 Å². The molecule has 0 N–H and O–H groups in total. The van der Waals surface area contributed by atoms with Crippen LogP contribution in [0, 0.1) is 5.92 Å². The zero-order valence-electron chi connectivity index (χ0n) is 6.94. The van der Waals surface area contributed by atoms with Crippen molar-refractivity contribution in [2.75, 3.05) is 13.7 Å². The normalized spacial score (nSPS) is 31.5. The van der Waals surface area contributed by atoms with Gasteiger partial charge in [0.15, 0.2) is 0 Å². The molecule has 1 heterocycles. The Labute approximate surface area is 67.4 Å². The first-order chi connectivity index (χ1) is 4.95. The minimum absolute atomic E-state index is 0.000000000000000444. The summed E-state index contributed by atoms with van der Waals surface area (Å²) in [6.45, 7) is 4.24. The summed E-state index contributed by atoms with van der Waals surface area (Å²) in [6, 6.07) is -0.000000000000000444. The van der Waals surface area contributed by atoms with Crippen LogP contribution in [0.5, 0.6) is 0 Å². The predicted octanol–water partition coefficient (Wildman–Crippen LogP) is 0.218. The van der Waals surface area contributed by atoms with Crippen LogP contribution in [-0.2, 0) is 14.5 Å². The Balaban J connectivity index is 2.79. The average Bonchev–Trinajstić information content (AvgIpc) is 2.09. The summed E-state index contributed by atoms with van der Waals surface area (Å²) < 4.78 is 27.9. The molecule has 0 saturated carbocycles. The Morgan fingerprint density at radius 1 is 1.55 bits per heavy atom. The van der Waals surface area contributed by atoms with E-state index in [1.165, 1.54) is 4.31 Å². The summed E-state index contributed by atoms with van der Waals surface area (Å²) in [5.74, 6) is 0.303. The molecule has 1 fully saturated rings. The Bertz CT molecular complexity index is 234. The highest BCUT2D eigenvalue weighted by Gasteiger charge is 2.36. The molecule has 0 bridgehead atoms. The Morgan fingerprint density at radius 2 is 2.09 bits per heavy atom. The highest BCUT2D eigenvalue weighted by molar-refractivity contribution is 7.84. The third kappa shape index (κ3) is 1.55. The lowest BCUT2D eigenvalue weighted by Crippen LogP contribution is -2.33. The van der Waals surface area contributed by atoms with Gasteiger partial charge in [-0.3, -0.25) is 4.18 Å². The van der Waals surface area contributed by atoms with Crippen LogP contribution in [0.3, 0.4) is 0 Å². The highest BCUT2D eigenvalue weighted by atomic mass is 32.2. The molecule has 66 valence electrons. The molecule has 0 aromatic heterocycles. The molecule has 1 aliphatic heterocycles. The summed E-state index contributed by atoms with van der Waals surface area (Å²) in [5.41, 5.74) is 0. The van der Waals surface area contributed by atoms with Crippen molar-refractivity contribution in [1.29, 1.82) is 0 Å². The number of rotatable bonds is 1. The van der Waals surface area contributed by atoms with E-state index in [-0.39, 0.29) is 12.6 Å². The van der Waals surface area contributed by atoms with Crippen molar-refractivity contribution in [2.24, 2.45) is 5.92 Å². The average molecular weight is 179 g/mol. The van der Waals surface area contributed by atoms with E-state index in [2.05, 4.69) is 4.18 Å². The molecule has 11 heavy (non-hydrogen) atoms. The zero-order chi connectivity index (χ0) is 8.65. The van der Waals surface area contributed by atoms with Gasteiger partial charge in [0.25, 0.3) is 0 Å². The van der Waals surface area contributed by atoms with Gasteiger partial charge in [-0.15, -0.1) is 0 Å². The van der Waals surface area contributed by atoms with Gasteiger partial charge in [0.2, 0.25) is 0 Å². The summed E-state index contributed by atoms with van der Waals surface area (Å²) in [7, 11) is -1.84. The summed E-state index contributed by atoms with van der Waals surface area (Å²) in [4.78, 5) is 0. The lowest BCUT2D eigenvalue weighted by atomic mass is 10.1. The van der Waals surface area contributed by atoms with Gasteiger partial charge in [-0.2, -0.15) is 12.7 Å². The van der Waals surface area contributed by atoms with Crippen molar-refractivity contribution < 1.29 is 12.6 Å². The molecule has 1 rings (SSSR count). The van der Waals surface area contributed by atoms with Gasteiger partial charge in [0.05, 0.1) is 12.6 Å². The van der Waals surface area contributed by atoms with E-state index in [1.54, 1.807) is 7.05 Å². The molecular weight excluding hydrogens is 166 g/mol. The van der Waals surface area contributed by atoms with Crippen LogP contribution >= 0.6 is 0 Å². The van der Waals surface area contributed by atoms with E-state index < -0.39 is 10.3 Å². The molecule has 5 heteroatoms. The quantitative estimate of drug-likeness (QED) is 0.578. The second kappa shape index (κ2) is 2.73. The largest absolute Gasteiger partial charge is 0.338 e. The summed E-state index contributed by atoms with van der Waals surface area (Å²) >= 11 is 0. The Morgan fingerprint density at radius 3 is 2.27 bits per heavy atom. The van der Waals surface area contributed by atoms with E-state index in [0.29, 0.717) is 5.92 Å². The Hall–Kier alpha value is -0.130. The highest BCUT2D eigenvalue weighted by Crippen LogP contribution is 2.21. The van der Waals surface area contributed by atoms with Gasteiger partial charge < -0.3 is 0 Å². The minimum Gasteiger partial charge on any atom is -0.256 e. The van der Waals surface area contributed by atoms with Crippen molar-refractivity contribution >= 4 is 10.3 Å². The van der Waals surface area contributed by atoms with Gasteiger partial charge in [-0.05, 0) is 5.92 Å². The number of nitrogens with zero attached hydrogens (tertiary/aromatic N) is 1. The second-order valence-electron chi connectivity index (χ2n) is 3.07. The van der Waals surface area contributed by atoms with Gasteiger partial charge in [0.1, 0.15) is 0 Å². The molecule has 1 unspecified atom stereocenters. The van der Waals surface area contributed by atoms with Crippen LogP contribution in [0.25, 0.3) is 0 Å². The molecule has 1 saturated heterocycles. The van der Waals surface area contributed by atoms with E-state index in [9.17, 15) is 8.42 Å². The van der Waals surface area contributed by atoms with E-state index in [1.807, 2.05) is 13.8 Å². The van der Waals surface area contributed by atoms with Gasteiger partial charge >= 0.3 is 10.3 Å². The third-order valence-electron chi connectivity index (χ3n) is 1.98. The van der Waals surface area contributed by atoms with Crippen molar-refractivity contribution in [3.63, 3.8) is 0 Å². The third-order valence-corrected chi connectivity index (χ3v) is 3.39. The molecule has 0 aromatic rings. The van der Waals surface area contributed by atoms with Gasteiger partial charge in [0, 0.05) is 7.05 Å². The standard InChI is InChI=1S/C6H13NO3S/c1-5(2)6-4-10-11(8,9)7(6)3/h5-6H,4H2,1-3H3. The molecule has 0 radical (unpaired) electrons. The van der Waals surface area contributed by atoms with E-state index >= 15 is 0 Å². The van der Waals surface area contributed by atoms with Crippen LogP contribution in [0.15, 0.2) is 0 Å². The fraction of sp³-hybridized carbons (Fsp3) is 1.00. The number of hydrogen-bond acceptors (Lipinski definition) is 3. The maximum Gasteiger partial charge on any atom is 0.338 e. The van der Waals surface area contributed by atoms with Crippen LogP contribution < -0.4 is 0 Å². The summed E-state index contributed by atoms with van der Waals surface area (Å²) in [5, 5.41) is 0. The molecule has 1 aliphatic rings. The Kier molecular flexibility index (Phi) is 2.22. The first-order valence-electron chi connectivity index (χ1n) is 3.57. The molecular formula is C6H13NO3S. The monoisotopic (exact) mass is 179 g/mol. The van der Waals surface area contributed by atoms with Crippen molar-refractivity contribution in [2.45, 2.75) is 19.9 Å². The maximum atomic E-state index is 11.0. The first kappa shape index (κ1) is 8.96. The fourth-order valence-corrected chi connectivity index (χ4v) is 2.24. The maximum absolute atomic E-state index is 11.0. The number of likely N-dealkylation sites (N-methyl/N-ethyl adjacent to an activating group) is 1. The van der Waals surface area contributed by atoms with E-state index in [0.717, 1.165) is 0 Å². The van der Waals surface area contributed by atoms with Crippen LogP contribution in [0.1, 0.15) is 13.8 Å².